The van der Waals surface area contributed by atoms with Crippen molar-refractivity contribution in [1.29, 1.82) is 0 Å². The Hall–Kier alpha value is -2.26. The van der Waals surface area contributed by atoms with Gasteiger partial charge in [-0.1, -0.05) is 29.8 Å². The molecule has 2 heterocycles. The quantitative estimate of drug-likeness (QED) is 0.508. The summed E-state index contributed by atoms with van der Waals surface area (Å²) in [5.41, 5.74) is 4.56. The highest BCUT2D eigenvalue weighted by molar-refractivity contribution is 6.30. The van der Waals surface area contributed by atoms with Gasteiger partial charge >= 0.3 is 0 Å². The molecule has 3 aromatic rings. The topological polar surface area (TPSA) is 21.1 Å². The van der Waals surface area contributed by atoms with E-state index in [-0.39, 0.29) is 0 Å². The summed E-state index contributed by atoms with van der Waals surface area (Å²) in [4.78, 5) is 6.87. The van der Waals surface area contributed by atoms with Gasteiger partial charge in [0.1, 0.15) is 0 Å². The Morgan fingerprint density at radius 1 is 1.05 bits per heavy atom. The molecule has 0 spiro atoms. The molecule has 1 aliphatic heterocycles. The van der Waals surface area contributed by atoms with E-state index in [2.05, 4.69) is 44.9 Å². The van der Waals surface area contributed by atoms with E-state index in [0.29, 0.717) is 0 Å². The molecule has 1 aromatic heterocycles. The van der Waals surface area contributed by atoms with Gasteiger partial charge in [-0.15, -0.1) is 0 Å². The molecule has 0 amide bonds. The summed E-state index contributed by atoms with van der Waals surface area (Å²) in [6.45, 7) is 2.88. The van der Waals surface area contributed by atoms with Crippen molar-refractivity contribution in [2.24, 2.45) is 0 Å². The Kier molecular flexibility index (Phi) is 2.76. The van der Waals surface area contributed by atoms with Gasteiger partial charge in [0.05, 0.1) is 17.9 Å². The third-order valence-corrected chi connectivity index (χ3v) is 3.99. The third kappa shape index (κ3) is 2.01. The normalized spacial score (nSPS) is 13.0. The molecule has 0 atom stereocenters. The molecule has 1 aliphatic rings. The van der Waals surface area contributed by atoms with E-state index >= 15 is 0 Å². The van der Waals surface area contributed by atoms with Crippen LogP contribution in [-0.4, -0.2) is 9.55 Å². The molecular formula is C17H14ClN3. The summed E-state index contributed by atoms with van der Waals surface area (Å²) in [5.74, 6) is 0.952. The number of halogens is 1. The van der Waals surface area contributed by atoms with E-state index in [9.17, 15) is 0 Å². The molecule has 0 aliphatic carbocycles. The van der Waals surface area contributed by atoms with Crippen molar-refractivity contribution in [3.63, 3.8) is 0 Å². The number of benzene rings is 2. The van der Waals surface area contributed by atoms with E-state index in [1.165, 1.54) is 11.3 Å². The van der Waals surface area contributed by atoms with Gasteiger partial charge in [0.15, 0.2) is 0 Å². The van der Waals surface area contributed by atoms with Crippen molar-refractivity contribution in [2.45, 2.75) is 13.5 Å². The first kappa shape index (κ1) is 12.5. The maximum absolute atomic E-state index is 6.02. The number of imidazole rings is 1. The number of anilines is 3. The van der Waals surface area contributed by atoms with Gasteiger partial charge in [-0.25, -0.2) is 4.98 Å². The van der Waals surface area contributed by atoms with Crippen LogP contribution in [-0.2, 0) is 6.54 Å². The van der Waals surface area contributed by atoms with E-state index in [1.54, 1.807) is 0 Å². The number of hydrogen-bond acceptors (Lipinski definition) is 2. The van der Waals surface area contributed by atoms with Crippen LogP contribution < -0.4 is 4.90 Å². The van der Waals surface area contributed by atoms with Crippen molar-refractivity contribution in [2.75, 3.05) is 4.90 Å². The molecule has 0 radical (unpaired) electrons. The lowest BCUT2D eigenvalue weighted by molar-refractivity contribution is 0.767. The van der Waals surface area contributed by atoms with Crippen LogP contribution in [0.1, 0.15) is 11.3 Å². The van der Waals surface area contributed by atoms with Gasteiger partial charge in [0.2, 0.25) is 5.95 Å². The molecule has 0 N–H and O–H groups in total. The summed E-state index contributed by atoms with van der Waals surface area (Å²) >= 11 is 6.02. The smallest absolute Gasteiger partial charge is 0.215 e. The van der Waals surface area contributed by atoms with Crippen molar-refractivity contribution in [3.8, 4) is 0 Å². The van der Waals surface area contributed by atoms with Gasteiger partial charge < -0.3 is 4.57 Å². The second-order valence-corrected chi connectivity index (χ2v) is 5.69. The Labute approximate surface area is 128 Å². The molecule has 4 heteroatoms. The maximum atomic E-state index is 6.02. The van der Waals surface area contributed by atoms with Crippen molar-refractivity contribution in [1.82, 2.24) is 9.55 Å². The lowest BCUT2D eigenvalue weighted by Gasteiger charge is -2.31. The van der Waals surface area contributed by atoms with Crippen LogP contribution >= 0.6 is 11.6 Å². The number of nitrogens with zero attached hydrogens (tertiary/aromatic N) is 3. The van der Waals surface area contributed by atoms with Gasteiger partial charge in [0, 0.05) is 16.9 Å². The maximum Gasteiger partial charge on any atom is 0.215 e. The lowest BCUT2D eigenvalue weighted by Crippen LogP contribution is -2.22. The van der Waals surface area contributed by atoms with Crippen LogP contribution in [0.5, 0.6) is 0 Å². The summed E-state index contributed by atoms with van der Waals surface area (Å²) in [6.07, 6.45) is 2.09. The van der Waals surface area contributed by atoms with E-state index in [4.69, 9.17) is 11.6 Å². The fourth-order valence-corrected chi connectivity index (χ4v) is 2.95. The van der Waals surface area contributed by atoms with Gasteiger partial charge in [-0.3, -0.25) is 4.90 Å². The Morgan fingerprint density at radius 2 is 1.81 bits per heavy atom. The van der Waals surface area contributed by atoms with Gasteiger partial charge in [0.25, 0.3) is 0 Å². The minimum atomic E-state index is 0.739. The molecule has 3 nitrogen and oxygen atoms in total. The number of para-hydroxylation sites is 1. The molecule has 104 valence electrons. The highest BCUT2D eigenvalue weighted by Crippen LogP contribution is 2.40. The summed E-state index contributed by atoms with van der Waals surface area (Å²) in [6, 6.07) is 16.3. The Bertz CT molecular complexity index is 805. The first-order valence-electron chi connectivity index (χ1n) is 6.90. The van der Waals surface area contributed by atoms with Gasteiger partial charge in [-0.05, 0) is 42.8 Å². The Morgan fingerprint density at radius 3 is 2.62 bits per heavy atom. The molecule has 0 unspecified atom stereocenters. The van der Waals surface area contributed by atoms with Crippen LogP contribution in [0.15, 0.2) is 54.7 Å². The first-order valence-corrected chi connectivity index (χ1v) is 7.27. The summed E-state index contributed by atoms with van der Waals surface area (Å²) < 4.78 is 2.19. The van der Waals surface area contributed by atoms with E-state index in [0.717, 1.165) is 28.9 Å². The zero-order valence-corrected chi connectivity index (χ0v) is 12.4. The molecule has 21 heavy (non-hydrogen) atoms. The number of aromatic nitrogens is 2. The molecule has 0 saturated heterocycles. The monoisotopic (exact) mass is 295 g/mol. The summed E-state index contributed by atoms with van der Waals surface area (Å²) in [5, 5.41) is 0.739. The van der Waals surface area contributed by atoms with Crippen LogP contribution in [0.4, 0.5) is 17.3 Å². The van der Waals surface area contributed by atoms with Crippen LogP contribution in [0.3, 0.4) is 0 Å². The minimum Gasteiger partial charge on any atom is -0.312 e. The highest BCUT2D eigenvalue weighted by Gasteiger charge is 2.25. The average Bonchev–Trinajstić information content (AvgIpc) is 2.85. The van der Waals surface area contributed by atoms with Gasteiger partial charge in [-0.2, -0.15) is 0 Å². The molecule has 0 fully saturated rings. The van der Waals surface area contributed by atoms with Crippen molar-refractivity contribution >= 4 is 28.9 Å². The van der Waals surface area contributed by atoms with Crippen molar-refractivity contribution in [3.05, 3.63) is 71.0 Å². The molecule has 4 rings (SSSR count). The Balaban J connectivity index is 1.94. The zero-order chi connectivity index (χ0) is 14.4. The number of rotatable bonds is 1. The SMILES string of the molecule is Cc1cn2c(n1)N(c1ccc(Cl)cc1)c1ccccc1C2. The number of hydrogen-bond donors (Lipinski definition) is 0. The molecule has 2 aromatic carbocycles. The first-order chi connectivity index (χ1) is 10.2. The third-order valence-electron chi connectivity index (χ3n) is 3.73. The van der Waals surface area contributed by atoms with E-state index < -0.39 is 0 Å². The molecule has 0 bridgehead atoms. The second-order valence-electron chi connectivity index (χ2n) is 5.25. The molecule has 0 saturated carbocycles. The standard InChI is InChI=1S/C17H14ClN3/c1-12-10-20-11-13-4-2-3-5-16(13)21(17(20)19-12)15-8-6-14(18)7-9-15/h2-10H,11H2,1H3. The highest BCUT2D eigenvalue weighted by atomic mass is 35.5. The van der Waals surface area contributed by atoms with Crippen LogP contribution in [0, 0.1) is 6.92 Å². The van der Waals surface area contributed by atoms with E-state index in [1.807, 2.05) is 31.2 Å². The van der Waals surface area contributed by atoms with Crippen LogP contribution in [0.25, 0.3) is 0 Å². The number of fused-ring (bicyclic) bond motifs is 2. The van der Waals surface area contributed by atoms with Crippen LogP contribution in [0.2, 0.25) is 5.02 Å². The largest absolute Gasteiger partial charge is 0.312 e. The predicted octanol–water partition coefficient (Wildman–Crippen LogP) is 4.68. The van der Waals surface area contributed by atoms with Crippen molar-refractivity contribution < 1.29 is 0 Å². The zero-order valence-electron chi connectivity index (χ0n) is 11.6. The predicted molar refractivity (Wildman–Crippen MR) is 85.8 cm³/mol. The summed E-state index contributed by atoms with van der Waals surface area (Å²) in [7, 11) is 0. The molecular weight excluding hydrogens is 282 g/mol. The fourth-order valence-electron chi connectivity index (χ4n) is 2.83. The number of aryl methyl sites for hydroxylation is 1. The average molecular weight is 296 g/mol. The second kappa shape index (κ2) is 4.64. The fraction of sp³-hybridized carbons (Fsp3) is 0.118. The lowest BCUT2D eigenvalue weighted by atomic mass is 10.1. The minimum absolute atomic E-state index is 0.739.